The Morgan fingerprint density at radius 1 is 1.22 bits per heavy atom. The summed E-state index contributed by atoms with van der Waals surface area (Å²) < 4.78 is 0. The number of nitrogens with one attached hydrogen (secondary N) is 1. The third-order valence-electron chi connectivity index (χ3n) is 4.37. The van der Waals surface area contributed by atoms with Crippen molar-refractivity contribution >= 4 is 11.6 Å². The first-order valence-electron chi connectivity index (χ1n) is 6.78. The summed E-state index contributed by atoms with van der Waals surface area (Å²) >= 11 is 0. The fourth-order valence-corrected chi connectivity index (χ4v) is 2.98. The number of para-hydroxylation sites is 1. The summed E-state index contributed by atoms with van der Waals surface area (Å²) in [5.74, 6) is 1.51. The maximum Gasteiger partial charge on any atom is 0.245 e. The van der Waals surface area contributed by atoms with Crippen LogP contribution in [0.1, 0.15) is 19.4 Å². The third-order valence-corrected chi connectivity index (χ3v) is 4.37. The third kappa shape index (κ3) is 1.88. The maximum absolute atomic E-state index is 12.5. The molecule has 2 aliphatic rings. The van der Waals surface area contributed by atoms with Gasteiger partial charge in [0.15, 0.2) is 0 Å². The zero-order valence-electron chi connectivity index (χ0n) is 11.0. The highest BCUT2D eigenvalue weighted by Crippen LogP contribution is 2.28. The molecular weight excluding hydrogens is 224 g/mol. The van der Waals surface area contributed by atoms with E-state index in [1.165, 1.54) is 5.56 Å². The van der Waals surface area contributed by atoms with Crippen molar-refractivity contribution < 1.29 is 4.79 Å². The first kappa shape index (κ1) is 11.6. The molecule has 3 unspecified atom stereocenters. The smallest absolute Gasteiger partial charge is 0.245 e. The van der Waals surface area contributed by atoms with Crippen LogP contribution in [0.4, 0.5) is 5.69 Å². The lowest BCUT2D eigenvalue weighted by molar-refractivity contribution is -0.131. The molecule has 0 aromatic heterocycles. The van der Waals surface area contributed by atoms with Gasteiger partial charge in [-0.25, -0.2) is 0 Å². The number of carbonyl (C=O) groups excluding carboxylic acids is 1. The van der Waals surface area contributed by atoms with Crippen molar-refractivity contribution in [2.24, 2.45) is 11.8 Å². The molecule has 0 bridgehead atoms. The minimum atomic E-state index is -0.0556. The number of benzene rings is 1. The summed E-state index contributed by atoms with van der Waals surface area (Å²) in [4.78, 5) is 14.5. The number of fused-ring (bicyclic) bond motifs is 1. The Morgan fingerprint density at radius 2 is 1.89 bits per heavy atom. The van der Waals surface area contributed by atoms with Crippen LogP contribution in [0.2, 0.25) is 0 Å². The largest absolute Gasteiger partial charge is 0.373 e. The number of amides is 1. The van der Waals surface area contributed by atoms with E-state index in [2.05, 4.69) is 31.3 Å². The van der Waals surface area contributed by atoms with E-state index >= 15 is 0 Å². The van der Waals surface area contributed by atoms with E-state index in [1.807, 2.05) is 17.0 Å². The van der Waals surface area contributed by atoms with Crippen LogP contribution in [0.3, 0.4) is 0 Å². The van der Waals surface area contributed by atoms with E-state index < -0.39 is 0 Å². The molecule has 3 atom stereocenters. The predicted octanol–water partition coefficient (Wildman–Crippen LogP) is 2.14. The molecular formula is C15H20N2O. The van der Waals surface area contributed by atoms with Gasteiger partial charge in [0.1, 0.15) is 6.04 Å². The molecule has 0 saturated carbocycles. The van der Waals surface area contributed by atoms with Crippen LogP contribution in [-0.2, 0) is 11.2 Å². The van der Waals surface area contributed by atoms with Crippen LogP contribution in [0.5, 0.6) is 0 Å². The first-order valence-corrected chi connectivity index (χ1v) is 6.78. The number of nitrogens with zero attached hydrogens (tertiary/aromatic N) is 1. The van der Waals surface area contributed by atoms with Crippen molar-refractivity contribution in [1.82, 2.24) is 4.90 Å². The molecule has 2 heterocycles. The van der Waals surface area contributed by atoms with Gasteiger partial charge >= 0.3 is 0 Å². The Labute approximate surface area is 108 Å². The van der Waals surface area contributed by atoms with Gasteiger partial charge < -0.3 is 10.2 Å². The van der Waals surface area contributed by atoms with Gasteiger partial charge in [-0.05, 0) is 23.5 Å². The molecule has 0 spiro atoms. The van der Waals surface area contributed by atoms with Gasteiger partial charge in [-0.2, -0.15) is 0 Å². The van der Waals surface area contributed by atoms with Gasteiger partial charge in [-0.1, -0.05) is 32.0 Å². The van der Waals surface area contributed by atoms with Crippen LogP contribution in [0, 0.1) is 11.8 Å². The van der Waals surface area contributed by atoms with Gasteiger partial charge in [-0.15, -0.1) is 0 Å². The van der Waals surface area contributed by atoms with Crippen molar-refractivity contribution in [1.29, 1.82) is 0 Å². The normalized spacial score (nSPS) is 30.1. The maximum atomic E-state index is 12.5. The molecule has 0 radical (unpaired) electrons. The Kier molecular flexibility index (Phi) is 2.77. The van der Waals surface area contributed by atoms with Gasteiger partial charge in [0.2, 0.25) is 5.91 Å². The molecule has 0 aliphatic carbocycles. The van der Waals surface area contributed by atoms with Crippen LogP contribution in [-0.4, -0.2) is 29.9 Å². The standard InChI is InChI=1S/C15H20N2O/c1-10-8-17(9-11(10)2)15(18)14-7-12-5-3-4-6-13(12)16-14/h3-6,10-11,14,16H,7-9H2,1-2H3. The van der Waals surface area contributed by atoms with Crippen molar-refractivity contribution in [3.8, 4) is 0 Å². The van der Waals surface area contributed by atoms with E-state index in [1.54, 1.807) is 0 Å². The molecule has 96 valence electrons. The van der Waals surface area contributed by atoms with Crippen molar-refractivity contribution in [3.05, 3.63) is 29.8 Å². The SMILES string of the molecule is CC1CN(C(=O)C2Cc3ccccc3N2)CC1C. The topological polar surface area (TPSA) is 32.3 Å². The quantitative estimate of drug-likeness (QED) is 0.821. The Balaban J connectivity index is 1.70. The minimum absolute atomic E-state index is 0.0556. The summed E-state index contributed by atoms with van der Waals surface area (Å²) in [5, 5.41) is 3.35. The highest BCUT2D eigenvalue weighted by Gasteiger charge is 2.35. The average Bonchev–Trinajstić information content (AvgIpc) is 2.93. The second kappa shape index (κ2) is 4.30. The van der Waals surface area contributed by atoms with Crippen molar-refractivity contribution in [3.63, 3.8) is 0 Å². The lowest BCUT2D eigenvalue weighted by Gasteiger charge is -2.20. The molecule has 3 rings (SSSR count). The number of anilines is 1. The summed E-state index contributed by atoms with van der Waals surface area (Å²) in [7, 11) is 0. The monoisotopic (exact) mass is 244 g/mol. The second-order valence-electron chi connectivity index (χ2n) is 5.76. The summed E-state index contributed by atoms with van der Waals surface area (Å²) in [6, 6.07) is 8.15. The number of carbonyl (C=O) groups is 1. The van der Waals surface area contributed by atoms with Crippen LogP contribution in [0.15, 0.2) is 24.3 Å². The predicted molar refractivity (Wildman–Crippen MR) is 72.5 cm³/mol. The molecule has 1 aromatic rings. The molecule has 1 N–H and O–H groups in total. The molecule has 3 nitrogen and oxygen atoms in total. The molecule has 18 heavy (non-hydrogen) atoms. The van der Waals surface area contributed by atoms with E-state index in [0.29, 0.717) is 11.8 Å². The van der Waals surface area contributed by atoms with Crippen LogP contribution < -0.4 is 5.32 Å². The lowest BCUT2D eigenvalue weighted by atomic mass is 10.0. The number of likely N-dealkylation sites (tertiary alicyclic amines) is 1. The minimum Gasteiger partial charge on any atom is -0.373 e. The number of rotatable bonds is 1. The molecule has 1 amide bonds. The van der Waals surface area contributed by atoms with Gasteiger partial charge in [-0.3, -0.25) is 4.79 Å². The second-order valence-corrected chi connectivity index (χ2v) is 5.76. The first-order chi connectivity index (χ1) is 8.65. The molecule has 1 aromatic carbocycles. The number of hydrogen-bond acceptors (Lipinski definition) is 2. The molecule has 1 saturated heterocycles. The Morgan fingerprint density at radius 3 is 2.56 bits per heavy atom. The van der Waals surface area contributed by atoms with E-state index in [-0.39, 0.29) is 11.9 Å². The zero-order valence-corrected chi connectivity index (χ0v) is 11.0. The average molecular weight is 244 g/mol. The molecule has 3 heteroatoms. The fraction of sp³-hybridized carbons (Fsp3) is 0.533. The van der Waals surface area contributed by atoms with E-state index in [9.17, 15) is 4.79 Å². The molecule has 1 fully saturated rings. The summed E-state index contributed by atoms with van der Waals surface area (Å²) in [6.45, 7) is 6.28. The Bertz CT molecular complexity index is 436. The highest BCUT2D eigenvalue weighted by molar-refractivity contribution is 5.87. The lowest BCUT2D eigenvalue weighted by Crippen LogP contribution is -2.41. The fourth-order valence-electron chi connectivity index (χ4n) is 2.98. The number of hydrogen-bond donors (Lipinski definition) is 1. The van der Waals surface area contributed by atoms with E-state index in [4.69, 9.17) is 0 Å². The zero-order chi connectivity index (χ0) is 12.7. The molecule has 2 aliphatic heterocycles. The summed E-state index contributed by atoms with van der Waals surface area (Å²) in [6.07, 6.45) is 0.828. The van der Waals surface area contributed by atoms with Gasteiger partial charge in [0, 0.05) is 25.2 Å². The van der Waals surface area contributed by atoms with Crippen molar-refractivity contribution in [2.45, 2.75) is 26.3 Å². The summed E-state index contributed by atoms with van der Waals surface area (Å²) in [5.41, 5.74) is 2.38. The van der Waals surface area contributed by atoms with E-state index in [0.717, 1.165) is 25.2 Å². The highest BCUT2D eigenvalue weighted by atomic mass is 16.2. The van der Waals surface area contributed by atoms with Crippen LogP contribution in [0.25, 0.3) is 0 Å². The van der Waals surface area contributed by atoms with Gasteiger partial charge in [0.25, 0.3) is 0 Å². The Hall–Kier alpha value is -1.51. The van der Waals surface area contributed by atoms with Crippen LogP contribution >= 0.6 is 0 Å². The van der Waals surface area contributed by atoms with Gasteiger partial charge in [0.05, 0.1) is 0 Å². The van der Waals surface area contributed by atoms with Crippen molar-refractivity contribution in [2.75, 3.05) is 18.4 Å².